The Morgan fingerprint density at radius 2 is 2.00 bits per heavy atom. The van der Waals surface area contributed by atoms with Gasteiger partial charge in [0.25, 0.3) is 0 Å². The molecule has 2 aromatic carbocycles. The average molecular weight is 419 g/mol. The Balaban J connectivity index is 1.74. The van der Waals surface area contributed by atoms with Crippen molar-refractivity contribution < 1.29 is 18.9 Å². The molecule has 0 bridgehead atoms. The standard InChI is InChI=1S/C27H30O4/c1-6-12-28-20-8-9-21(24(16-20)29-13-7-2)19-15-23-18(3)14-25-22(26(23)30-17-19)10-11-27(4,5)31-25/h7-11,14-16H,2,6,12-13,17H2,1,3-5H3. The van der Waals surface area contributed by atoms with E-state index in [0.717, 1.165) is 57.2 Å². The third kappa shape index (κ3) is 4.34. The number of aryl methyl sites for hydroxylation is 1. The van der Waals surface area contributed by atoms with Gasteiger partial charge in [-0.15, -0.1) is 0 Å². The largest absolute Gasteiger partial charge is 0.493 e. The fourth-order valence-corrected chi connectivity index (χ4v) is 3.83. The summed E-state index contributed by atoms with van der Waals surface area (Å²) in [6, 6.07) is 8.08. The van der Waals surface area contributed by atoms with Crippen LogP contribution in [-0.4, -0.2) is 25.4 Å². The molecule has 2 aliphatic heterocycles. The van der Waals surface area contributed by atoms with E-state index in [4.69, 9.17) is 18.9 Å². The van der Waals surface area contributed by atoms with Crippen LogP contribution in [0.4, 0.5) is 0 Å². The molecule has 0 amide bonds. The van der Waals surface area contributed by atoms with E-state index in [-0.39, 0.29) is 5.60 Å². The summed E-state index contributed by atoms with van der Waals surface area (Å²) in [5, 5.41) is 0. The van der Waals surface area contributed by atoms with Gasteiger partial charge in [-0.25, -0.2) is 0 Å². The van der Waals surface area contributed by atoms with Gasteiger partial charge in [-0.1, -0.05) is 19.6 Å². The molecular weight excluding hydrogens is 388 g/mol. The summed E-state index contributed by atoms with van der Waals surface area (Å²) in [4.78, 5) is 0. The van der Waals surface area contributed by atoms with Crippen molar-refractivity contribution in [3.8, 4) is 23.0 Å². The van der Waals surface area contributed by atoms with Gasteiger partial charge in [-0.3, -0.25) is 0 Å². The lowest BCUT2D eigenvalue weighted by molar-refractivity contribution is 0.158. The zero-order chi connectivity index (χ0) is 22.0. The first kappa shape index (κ1) is 21.1. The highest BCUT2D eigenvalue weighted by molar-refractivity contribution is 5.91. The molecule has 4 nitrogen and oxygen atoms in total. The summed E-state index contributed by atoms with van der Waals surface area (Å²) in [7, 11) is 0. The highest BCUT2D eigenvalue weighted by Crippen LogP contribution is 2.45. The lowest BCUT2D eigenvalue weighted by atomic mass is 9.92. The van der Waals surface area contributed by atoms with Gasteiger partial charge in [0.15, 0.2) is 0 Å². The molecule has 0 aromatic heterocycles. The van der Waals surface area contributed by atoms with E-state index in [9.17, 15) is 0 Å². The molecule has 0 radical (unpaired) electrons. The highest BCUT2D eigenvalue weighted by atomic mass is 16.5. The van der Waals surface area contributed by atoms with Crippen molar-refractivity contribution in [2.75, 3.05) is 19.8 Å². The van der Waals surface area contributed by atoms with Gasteiger partial charge in [-0.05, 0) is 69.2 Å². The molecule has 2 heterocycles. The summed E-state index contributed by atoms with van der Waals surface area (Å²) in [6.45, 7) is 13.6. The second kappa shape index (κ2) is 8.54. The number of fused-ring (bicyclic) bond motifs is 3. The Bertz CT molecular complexity index is 1060. The Morgan fingerprint density at radius 1 is 1.16 bits per heavy atom. The fraction of sp³-hybridized carbons (Fsp3) is 0.333. The van der Waals surface area contributed by atoms with E-state index in [1.165, 1.54) is 0 Å². The minimum absolute atomic E-state index is 0.317. The number of ether oxygens (including phenoxy) is 4. The molecule has 0 atom stereocenters. The van der Waals surface area contributed by atoms with Gasteiger partial charge in [0, 0.05) is 22.8 Å². The maximum absolute atomic E-state index is 6.29. The Hall–Kier alpha value is -3.14. The van der Waals surface area contributed by atoms with Crippen LogP contribution in [0.3, 0.4) is 0 Å². The van der Waals surface area contributed by atoms with E-state index >= 15 is 0 Å². The zero-order valence-corrected chi connectivity index (χ0v) is 18.8. The van der Waals surface area contributed by atoms with Crippen molar-refractivity contribution in [1.82, 2.24) is 0 Å². The van der Waals surface area contributed by atoms with Gasteiger partial charge in [-0.2, -0.15) is 0 Å². The lowest BCUT2D eigenvalue weighted by Gasteiger charge is -2.31. The molecule has 0 unspecified atom stereocenters. The van der Waals surface area contributed by atoms with Gasteiger partial charge in [0.05, 0.1) is 12.2 Å². The van der Waals surface area contributed by atoms with Crippen LogP contribution in [0.2, 0.25) is 0 Å². The van der Waals surface area contributed by atoms with Gasteiger partial charge < -0.3 is 18.9 Å². The predicted octanol–water partition coefficient (Wildman–Crippen LogP) is 6.47. The van der Waals surface area contributed by atoms with E-state index in [0.29, 0.717) is 19.8 Å². The molecule has 2 aromatic rings. The molecule has 31 heavy (non-hydrogen) atoms. The summed E-state index contributed by atoms with van der Waals surface area (Å²) in [6.07, 6.45) is 9.08. The molecule has 0 N–H and O–H groups in total. The Labute approximate surface area is 184 Å². The SMILES string of the molecule is C=CCOc1cc(OCCC)ccc1C1=Cc2c(C)cc3c(c2OC1)C=CC(C)(C)O3. The normalized spacial score (nSPS) is 15.7. The minimum atomic E-state index is -0.317. The second-order valence-electron chi connectivity index (χ2n) is 8.45. The van der Waals surface area contributed by atoms with Crippen molar-refractivity contribution in [1.29, 1.82) is 0 Å². The molecule has 0 fully saturated rings. The number of hydrogen-bond donors (Lipinski definition) is 0. The number of benzene rings is 2. The van der Waals surface area contributed by atoms with Crippen LogP contribution < -0.4 is 18.9 Å². The molecule has 4 rings (SSSR count). The van der Waals surface area contributed by atoms with E-state index < -0.39 is 0 Å². The van der Waals surface area contributed by atoms with Crippen molar-refractivity contribution in [3.05, 3.63) is 65.3 Å². The molecule has 2 aliphatic rings. The molecule has 4 heteroatoms. The van der Waals surface area contributed by atoms with Crippen LogP contribution in [0.25, 0.3) is 17.7 Å². The average Bonchev–Trinajstić information content (AvgIpc) is 2.75. The van der Waals surface area contributed by atoms with Crippen molar-refractivity contribution in [2.24, 2.45) is 0 Å². The Kier molecular flexibility index (Phi) is 5.81. The third-order valence-corrected chi connectivity index (χ3v) is 5.37. The van der Waals surface area contributed by atoms with Crippen LogP contribution in [-0.2, 0) is 0 Å². The molecule has 162 valence electrons. The lowest BCUT2D eigenvalue weighted by Crippen LogP contribution is -2.28. The Morgan fingerprint density at radius 3 is 2.77 bits per heavy atom. The maximum atomic E-state index is 6.29. The van der Waals surface area contributed by atoms with Crippen LogP contribution in [0.15, 0.2) is 43.0 Å². The van der Waals surface area contributed by atoms with Gasteiger partial charge >= 0.3 is 0 Å². The number of hydrogen-bond acceptors (Lipinski definition) is 4. The first-order valence-corrected chi connectivity index (χ1v) is 10.8. The topological polar surface area (TPSA) is 36.9 Å². The highest BCUT2D eigenvalue weighted by Gasteiger charge is 2.28. The third-order valence-electron chi connectivity index (χ3n) is 5.37. The summed E-state index contributed by atoms with van der Waals surface area (Å²) in [5.74, 6) is 3.32. The van der Waals surface area contributed by atoms with Crippen LogP contribution in [0.5, 0.6) is 23.0 Å². The monoisotopic (exact) mass is 418 g/mol. The van der Waals surface area contributed by atoms with Crippen LogP contribution in [0, 0.1) is 6.92 Å². The van der Waals surface area contributed by atoms with Crippen molar-refractivity contribution in [2.45, 2.75) is 39.7 Å². The van der Waals surface area contributed by atoms with E-state index in [1.807, 2.05) is 18.2 Å². The summed E-state index contributed by atoms with van der Waals surface area (Å²) >= 11 is 0. The maximum Gasteiger partial charge on any atom is 0.138 e. The fourth-order valence-electron chi connectivity index (χ4n) is 3.83. The molecule has 0 saturated carbocycles. The van der Waals surface area contributed by atoms with Gasteiger partial charge in [0.2, 0.25) is 0 Å². The first-order valence-electron chi connectivity index (χ1n) is 10.8. The zero-order valence-electron chi connectivity index (χ0n) is 18.8. The molecule has 0 aliphatic carbocycles. The minimum Gasteiger partial charge on any atom is -0.493 e. The van der Waals surface area contributed by atoms with E-state index in [1.54, 1.807) is 6.08 Å². The number of rotatable bonds is 7. The molecule has 0 spiro atoms. The van der Waals surface area contributed by atoms with E-state index in [2.05, 4.69) is 58.6 Å². The van der Waals surface area contributed by atoms with Gasteiger partial charge in [0.1, 0.15) is 41.8 Å². The first-order chi connectivity index (χ1) is 14.9. The predicted molar refractivity (Wildman–Crippen MR) is 126 cm³/mol. The molecular formula is C27H30O4. The van der Waals surface area contributed by atoms with Crippen molar-refractivity contribution >= 4 is 17.7 Å². The second-order valence-corrected chi connectivity index (χ2v) is 8.45. The molecule has 0 saturated heterocycles. The quantitative estimate of drug-likeness (QED) is 0.483. The van der Waals surface area contributed by atoms with Crippen molar-refractivity contribution in [3.63, 3.8) is 0 Å². The smallest absolute Gasteiger partial charge is 0.138 e. The summed E-state index contributed by atoms with van der Waals surface area (Å²) < 4.78 is 24.2. The van der Waals surface area contributed by atoms with Crippen LogP contribution in [0.1, 0.15) is 49.4 Å². The summed E-state index contributed by atoms with van der Waals surface area (Å²) in [5.41, 5.74) is 4.95. The van der Waals surface area contributed by atoms with Crippen LogP contribution >= 0.6 is 0 Å².